The van der Waals surface area contributed by atoms with Gasteiger partial charge in [-0.3, -0.25) is 4.79 Å². The summed E-state index contributed by atoms with van der Waals surface area (Å²) in [4.78, 5) is 16.8. The van der Waals surface area contributed by atoms with Crippen molar-refractivity contribution in [3.63, 3.8) is 0 Å². The number of benzene rings is 3. The number of halogens is 1. The summed E-state index contributed by atoms with van der Waals surface area (Å²) in [6.07, 6.45) is 0. The second-order valence-corrected chi connectivity index (χ2v) is 8.26. The number of aromatic nitrogens is 4. The molecule has 4 aromatic rings. The highest BCUT2D eigenvalue weighted by Gasteiger charge is 2.44. The first kappa shape index (κ1) is 22.4. The van der Waals surface area contributed by atoms with Gasteiger partial charge in [0.25, 0.3) is 5.91 Å². The van der Waals surface area contributed by atoms with Crippen LogP contribution in [0.4, 0.5) is 0 Å². The Kier molecular flexibility index (Phi) is 5.81. The van der Waals surface area contributed by atoms with Crippen molar-refractivity contribution in [3.8, 4) is 11.4 Å². The van der Waals surface area contributed by atoms with E-state index in [0.29, 0.717) is 38.8 Å². The van der Waals surface area contributed by atoms with Gasteiger partial charge >= 0.3 is 0 Å². The molecule has 1 aliphatic heterocycles. The molecule has 2 heterocycles. The number of rotatable bonds is 4. The van der Waals surface area contributed by atoms with Crippen molar-refractivity contribution in [1.29, 1.82) is 0 Å². The molecule has 1 atom stereocenters. The average Bonchev–Trinajstić information content (AvgIpc) is 3.54. The Morgan fingerprint density at radius 1 is 1.03 bits per heavy atom. The highest BCUT2D eigenvalue weighted by atomic mass is 35.5. The minimum absolute atomic E-state index is 0.0195. The number of hydrazone groups is 1. The van der Waals surface area contributed by atoms with Gasteiger partial charge in [-0.05, 0) is 35.0 Å². The maximum atomic E-state index is 12.8. The first-order valence-electron chi connectivity index (χ1n) is 10.6. The molecule has 4 N–H and O–H groups in total. The van der Waals surface area contributed by atoms with Crippen LogP contribution in [0.1, 0.15) is 21.5 Å². The first-order chi connectivity index (χ1) is 16.9. The number of aliphatic imine (C=N–C) groups is 1. The lowest BCUT2D eigenvalue weighted by molar-refractivity contribution is 0.0981. The number of β-amino-alcohol motifs (C(OH)–C–C–N with tert-alkyl or cyclic N) is 1. The van der Waals surface area contributed by atoms with Crippen LogP contribution in [0.5, 0.6) is 0 Å². The molecule has 5 rings (SSSR count). The van der Waals surface area contributed by atoms with Crippen molar-refractivity contribution in [3.05, 3.63) is 101 Å². The Morgan fingerprint density at radius 2 is 1.71 bits per heavy atom. The van der Waals surface area contributed by atoms with Gasteiger partial charge in [0, 0.05) is 21.7 Å². The highest BCUT2D eigenvalue weighted by Crippen LogP contribution is 2.33. The van der Waals surface area contributed by atoms with Crippen LogP contribution in [0.15, 0.2) is 89.0 Å². The molecule has 0 radical (unpaired) electrons. The number of amides is 1. The van der Waals surface area contributed by atoms with Crippen molar-refractivity contribution in [1.82, 2.24) is 25.6 Å². The Labute approximate surface area is 204 Å². The molecule has 35 heavy (non-hydrogen) atoms. The molecule has 10 nitrogen and oxygen atoms in total. The maximum Gasteiger partial charge on any atom is 0.280 e. The van der Waals surface area contributed by atoms with E-state index >= 15 is 0 Å². The number of guanidine groups is 1. The number of carbonyl (C=O) groups is 1. The van der Waals surface area contributed by atoms with Crippen molar-refractivity contribution in [2.45, 2.75) is 5.60 Å². The van der Waals surface area contributed by atoms with Gasteiger partial charge < -0.3 is 10.8 Å². The number of H-pyrrole nitrogens is 1. The van der Waals surface area contributed by atoms with E-state index < -0.39 is 11.5 Å². The third kappa shape index (κ3) is 4.39. The van der Waals surface area contributed by atoms with E-state index in [1.165, 1.54) is 5.01 Å². The predicted octanol–water partition coefficient (Wildman–Crippen LogP) is 2.58. The molecule has 1 aliphatic rings. The fourth-order valence-electron chi connectivity index (χ4n) is 3.78. The minimum atomic E-state index is -1.48. The monoisotopic (exact) mass is 486 g/mol. The predicted molar refractivity (Wildman–Crippen MR) is 131 cm³/mol. The number of tetrazole rings is 1. The van der Waals surface area contributed by atoms with Crippen molar-refractivity contribution < 1.29 is 9.90 Å². The van der Waals surface area contributed by atoms with Crippen molar-refractivity contribution in [2.24, 2.45) is 15.8 Å². The van der Waals surface area contributed by atoms with Crippen LogP contribution in [0.25, 0.3) is 11.4 Å². The Balaban J connectivity index is 1.44. The molecule has 174 valence electrons. The van der Waals surface area contributed by atoms with Crippen molar-refractivity contribution >= 4 is 29.2 Å². The van der Waals surface area contributed by atoms with Crippen LogP contribution in [-0.4, -0.2) is 54.9 Å². The lowest BCUT2D eigenvalue weighted by atomic mass is 9.86. The quantitative estimate of drug-likeness (QED) is 0.297. The molecule has 0 fully saturated rings. The lowest BCUT2D eigenvalue weighted by Gasteiger charge is -2.25. The molecule has 3 aromatic carbocycles. The summed E-state index contributed by atoms with van der Waals surface area (Å²) in [5, 5.41) is 31.8. The molecular weight excluding hydrogens is 468 g/mol. The van der Waals surface area contributed by atoms with E-state index in [-0.39, 0.29) is 12.5 Å². The van der Waals surface area contributed by atoms with E-state index in [9.17, 15) is 9.90 Å². The molecular formula is C24H19ClN8O2. The smallest absolute Gasteiger partial charge is 0.280 e. The summed E-state index contributed by atoms with van der Waals surface area (Å²) in [7, 11) is 0. The zero-order chi connectivity index (χ0) is 24.4. The summed E-state index contributed by atoms with van der Waals surface area (Å²) in [5.41, 5.74) is 7.37. The number of carbonyl (C=O) groups excluding carboxylic acids is 1. The standard InChI is InChI=1S/C24H19ClN8O2/c25-19-12-10-15(11-13-19)20-24(35,18-4-2-1-3-5-18)14-33(30-20)23(26)27-22(34)17-8-6-16(7-9-17)21-28-31-32-29-21/h1-13,35H,14H2,(H2,26,27,34)(H,28,29,31,32). The van der Waals surface area contributed by atoms with Gasteiger partial charge in [-0.15, -0.1) is 10.2 Å². The lowest BCUT2D eigenvalue weighted by Crippen LogP contribution is -2.42. The van der Waals surface area contributed by atoms with Crippen LogP contribution in [0.2, 0.25) is 5.02 Å². The fraction of sp³-hybridized carbons (Fsp3) is 0.0833. The molecule has 0 saturated carbocycles. The molecule has 0 spiro atoms. The number of hydrogen-bond donors (Lipinski definition) is 3. The van der Waals surface area contributed by atoms with Gasteiger partial charge in [0.15, 0.2) is 5.60 Å². The molecule has 1 aromatic heterocycles. The van der Waals surface area contributed by atoms with Gasteiger partial charge in [0.05, 0.1) is 6.54 Å². The number of aromatic amines is 1. The first-order valence-corrected chi connectivity index (χ1v) is 10.9. The van der Waals surface area contributed by atoms with Crippen LogP contribution >= 0.6 is 11.6 Å². The molecule has 1 unspecified atom stereocenters. The normalized spacial score (nSPS) is 17.9. The second-order valence-electron chi connectivity index (χ2n) is 7.83. The van der Waals surface area contributed by atoms with E-state index in [2.05, 4.69) is 30.7 Å². The van der Waals surface area contributed by atoms with Crippen LogP contribution < -0.4 is 5.73 Å². The zero-order valence-electron chi connectivity index (χ0n) is 18.2. The van der Waals surface area contributed by atoms with Crippen LogP contribution in [-0.2, 0) is 5.60 Å². The maximum absolute atomic E-state index is 12.8. The van der Waals surface area contributed by atoms with E-state index in [4.69, 9.17) is 17.3 Å². The van der Waals surface area contributed by atoms with E-state index in [0.717, 1.165) is 0 Å². The topological polar surface area (TPSA) is 146 Å². The van der Waals surface area contributed by atoms with Crippen molar-refractivity contribution in [2.75, 3.05) is 6.54 Å². The molecule has 0 aliphatic carbocycles. The van der Waals surface area contributed by atoms with Gasteiger partial charge in [-0.2, -0.15) is 15.3 Å². The Hall–Kier alpha value is -4.41. The molecule has 1 amide bonds. The van der Waals surface area contributed by atoms with Gasteiger partial charge in [-0.1, -0.05) is 66.2 Å². The molecule has 11 heteroatoms. The fourth-order valence-corrected chi connectivity index (χ4v) is 3.91. The molecule has 0 bridgehead atoms. The summed E-state index contributed by atoms with van der Waals surface area (Å²) >= 11 is 6.04. The third-order valence-corrected chi connectivity index (χ3v) is 5.83. The van der Waals surface area contributed by atoms with Gasteiger partial charge in [0.1, 0.15) is 5.71 Å². The Morgan fingerprint density at radius 3 is 2.37 bits per heavy atom. The largest absolute Gasteiger partial charge is 0.377 e. The number of nitrogens with one attached hydrogen (secondary N) is 1. The SMILES string of the molecule is NC(=NC(=O)c1ccc(-c2nn[nH]n2)cc1)N1CC(O)(c2ccccc2)C(c2ccc(Cl)cc2)=N1. The van der Waals surface area contributed by atoms with E-state index in [1.807, 2.05) is 18.2 Å². The van der Waals surface area contributed by atoms with Crippen LogP contribution in [0.3, 0.4) is 0 Å². The van der Waals surface area contributed by atoms with E-state index in [1.54, 1.807) is 60.7 Å². The summed E-state index contributed by atoms with van der Waals surface area (Å²) < 4.78 is 0. The third-order valence-electron chi connectivity index (χ3n) is 5.58. The summed E-state index contributed by atoms with van der Waals surface area (Å²) in [6.45, 7) is -0.0195. The number of hydrogen-bond acceptors (Lipinski definition) is 6. The number of aliphatic hydroxyl groups is 1. The second kappa shape index (κ2) is 9.09. The summed E-state index contributed by atoms with van der Waals surface area (Å²) in [5.74, 6) is -0.288. The average molecular weight is 487 g/mol. The molecule has 0 saturated heterocycles. The zero-order valence-corrected chi connectivity index (χ0v) is 19.0. The number of nitrogens with zero attached hydrogens (tertiary/aromatic N) is 6. The number of nitrogens with two attached hydrogens (primary N) is 1. The highest BCUT2D eigenvalue weighted by molar-refractivity contribution is 6.30. The minimum Gasteiger partial charge on any atom is -0.377 e. The Bertz CT molecular complexity index is 1400. The van der Waals surface area contributed by atoms with Crippen LogP contribution in [0, 0.1) is 0 Å². The summed E-state index contributed by atoms with van der Waals surface area (Å²) in [6, 6.07) is 22.6. The van der Waals surface area contributed by atoms with Gasteiger partial charge in [-0.25, -0.2) is 5.01 Å². The van der Waals surface area contributed by atoms with Gasteiger partial charge in [0.2, 0.25) is 11.8 Å².